The van der Waals surface area contributed by atoms with Crippen LogP contribution in [-0.4, -0.2) is 39.9 Å². The van der Waals surface area contributed by atoms with Gasteiger partial charge in [0.25, 0.3) is 0 Å². The molecule has 0 bridgehead atoms. The second-order valence-corrected chi connectivity index (χ2v) is 10.1. The van der Waals surface area contributed by atoms with Crippen LogP contribution in [-0.2, 0) is 26.4 Å². The Morgan fingerprint density at radius 3 is 2.19 bits per heavy atom. The molecule has 0 saturated heterocycles. The van der Waals surface area contributed by atoms with Crippen LogP contribution in [0.1, 0.15) is 19.4 Å². The molecule has 0 amide bonds. The zero-order valence-corrected chi connectivity index (χ0v) is 17.5. The summed E-state index contributed by atoms with van der Waals surface area (Å²) in [5, 5.41) is 16.3. The van der Waals surface area contributed by atoms with Crippen molar-refractivity contribution in [1.82, 2.24) is 4.90 Å². The van der Waals surface area contributed by atoms with Gasteiger partial charge in [-0.2, -0.15) is 0 Å². The van der Waals surface area contributed by atoms with E-state index >= 15 is 0 Å². The van der Waals surface area contributed by atoms with Gasteiger partial charge in [0.05, 0.1) is 9.79 Å². The normalized spacial score (nSPS) is 12.2. The topological polar surface area (TPSA) is 118 Å². The van der Waals surface area contributed by atoms with Gasteiger partial charge in [0.15, 0.2) is 0 Å². The highest BCUT2D eigenvalue weighted by molar-refractivity contribution is 7.92. The molecule has 146 valence electrons. The molecule has 1 heterocycles. The first-order chi connectivity index (χ1) is 11.6. The smallest absolute Gasteiger partial charge is 0.247 e. The standard InChI is InChI=1S/C15H20N2O5S3.ClH/c1-3-17(4-2)9-11-7-12(5-6-14(11)18)24(19,20)13-8-15(23-10-13)25(16,21)22;/h5-8,10,18H,3-4,9H2,1-2H3,(H2,16,21,22);1H. The molecular weight excluding hydrogens is 420 g/mol. The lowest BCUT2D eigenvalue weighted by atomic mass is 10.2. The van der Waals surface area contributed by atoms with Crippen molar-refractivity contribution in [2.24, 2.45) is 5.14 Å². The summed E-state index contributed by atoms with van der Waals surface area (Å²) >= 11 is 0.754. The molecule has 0 fully saturated rings. The number of halogens is 1. The molecule has 0 radical (unpaired) electrons. The monoisotopic (exact) mass is 440 g/mol. The third-order valence-corrected chi connectivity index (χ3v) is 8.06. The number of hydrogen-bond acceptors (Lipinski definition) is 7. The van der Waals surface area contributed by atoms with Crippen molar-refractivity contribution in [2.45, 2.75) is 34.4 Å². The zero-order chi connectivity index (χ0) is 18.8. The maximum Gasteiger partial charge on any atom is 0.247 e. The summed E-state index contributed by atoms with van der Waals surface area (Å²) in [6.07, 6.45) is 0. The molecule has 1 aromatic carbocycles. The molecule has 2 rings (SSSR count). The van der Waals surface area contributed by atoms with E-state index in [2.05, 4.69) is 0 Å². The van der Waals surface area contributed by atoms with Crippen LogP contribution in [0.3, 0.4) is 0 Å². The molecule has 7 nitrogen and oxygen atoms in total. The lowest BCUT2D eigenvalue weighted by Gasteiger charge is -2.19. The summed E-state index contributed by atoms with van der Waals surface area (Å²) in [6, 6.07) is 5.09. The van der Waals surface area contributed by atoms with Crippen LogP contribution in [0.5, 0.6) is 5.75 Å². The van der Waals surface area contributed by atoms with Crippen molar-refractivity contribution in [3.8, 4) is 5.75 Å². The Morgan fingerprint density at radius 1 is 1.08 bits per heavy atom. The van der Waals surface area contributed by atoms with E-state index in [1.807, 2.05) is 18.7 Å². The number of rotatable bonds is 7. The molecule has 2 aromatic rings. The van der Waals surface area contributed by atoms with Gasteiger partial charge in [0.1, 0.15) is 9.96 Å². The summed E-state index contributed by atoms with van der Waals surface area (Å²) in [6.45, 7) is 5.88. The van der Waals surface area contributed by atoms with Crippen molar-refractivity contribution >= 4 is 43.6 Å². The van der Waals surface area contributed by atoms with E-state index in [1.54, 1.807) is 0 Å². The number of sulfone groups is 1. The van der Waals surface area contributed by atoms with Gasteiger partial charge in [-0.1, -0.05) is 13.8 Å². The highest BCUT2D eigenvalue weighted by Crippen LogP contribution is 2.30. The first-order valence-electron chi connectivity index (χ1n) is 7.50. The summed E-state index contributed by atoms with van der Waals surface area (Å²) in [4.78, 5) is 1.89. The predicted octanol–water partition coefficient (Wildman–Crippen LogP) is 2.20. The van der Waals surface area contributed by atoms with Gasteiger partial charge in [-0.15, -0.1) is 23.7 Å². The minimum absolute atomic E-state index is 0. The fraction of sp³-hybridized carbons (Fsp3) is 0.333. The Morgan fingerprint density at radius 2 is 1.69 bits per heavy atom. The fourth-order valence-electron chi connectivity index (χ4n) is 2.27. The maximum absolute atomic E-state index is 12.7. The number of hydrogen-bond donors (Lipinski definition) is 2. The largest absolute Gasteiger partial charge is 0.508 e. The molecule has 0 aliphatic carbocycles. The summed E-state index contributed by atoms with van der Waals surface area (Å²) in [7, 11) is -7.86. The Kier molecular flexibility index (Phi) is 7.63. The third kappa shape index (κ3) is 4.96. The Balaban J connectivity index is 0.00000338. The number of aromatic hydroxyl groups is 1. The highest BCUT2D eigenvalue weighted by Gasteiger charge is 2.23. The number of phenols is 1. The Bertz CT molecular complexity index is 967. The van der Waals surface area contributed by atoms with E-state index < -0.39 is 19.9 Å². The second-order valence-electron chi connectivity index (χ2n) is 5.40. The minimum atomic E-state index is -3.95. The van der Waals surface area contributed by atoms with Crippen LogP contribution in [0.15, 0.2) is 43.6 Å². The van der Waals surface area contributed by atoms with E-state index in [0.717, 1.165) is 30.5 Å². The predicted molar refractivity (Wildman–Crippen MR) is 103 cm³/mol. The lowest BCUT2D eigenvalue weighted by Crippen LogP contribution is -2.22. The second kappa shape index (κ2) is 8.68. The summed E-state index contributed by atoms with van der Waals surface area (Å²) in [5.74, 6) is 0.0152. The molecule has 0 atom stereocenters. The molecular formula is C15H21ClN2O5S3. The maximum atomic E-state index is 12.7. The number of thiophene rings is 1. The van der Waals surface area contributed by atoms with Gasteiger partial charge in [0.2, 0.25) is 19.9 Å². The van der Waals surface area contributed by atoms with Crippen molar-refractivity contribution in [3.05, 3.63) is 35.2 Å². The van der Waals surface area contributed by atoms with Crippen LogP contribution in [0.4, 0.5) is 0 Å². The van der Waals surface area contributed by atoms with Crippen LogP contribution in [0.25, 0.3) is 0 Å². The van der Waals surface area contributed by atoms with Crippen molar-refractivity contribution < 1.29 is 21.9 Å². The number of nitrogens with zero attached hydrogens (tertiary/aromatic N) is 1. The molecule has 0 spiro atoms. The lowest BCUT2D eigenvalue weighted by molar-refractivity contribution is 0.290. The van der Waals surface area contributed by atoms with Gasteiger partial charge < -0.3 is 5.11 Å². The number of primary sulfonamides is 1. The van der Waals surface area contributed by atoms with Crippen LogP contribution in [0.2, 0.25) is 0 Å². The van der Waals surface area contributed by atoms with Crippen LogP contribution in [0, 0.1) is 0 Å². The average molecular weight is 441 g/mol. The van der Waals surface area contributed by atoms with E-state index in [-0.39, 0.29) is 32.2 Å². The van der Waals surface area contributed by atoms with E-state index in [4.69, 9.17) is 5.14 Å². The quantitative estimate of drug-likeness (QED) is 0.681. The van der Waals surface area contributed by atoms with Gasteiger partial charge in [-0.25, -0.2) is 22.0 Å². The number of benzene rings is 1. The SMILES string of the molecule is CCN(CC)Cc1cc(S(=O)(=O)c2csc(S(N)(=O)=O)c2)ccc1O.Cl. The zero-order valence-electron chi connectivity index (χ0n) is 14.2. The van der Waals surface area contributed by atoms with Crippen molar-refractivity contribution in [3.63, 3.8) is 0 Å². The van der Waals surface area contributed by atoms with E-state index in [1.165, 1.54) is 23.6 Å². The molecule has 0 aliphatic heterocycles. The number of nitrogens with two attached hydrogens (primary N) is 1. The Labute approximate surface area is 163 Å². The summed E-state index contributed by atoms with van der Waals surface area (Å²) in [5.41, 5.74) is 0.492. The Hall–Kier alpha value is -1.17. The van der Waals surface area contributed by atoms with Gasteiger partial charge >= 0.3 is 0 Å². The number of phenolic OH excluding ortho intramolecular Hbond substituents is 1. The fourth-order valence-corrected chi connectivity index (χ4v) is 5.63. The van der Waals surface area contributed by atoms with Gasteiger partial charge in [0, 0.05) is 17.5 Å². The van der Waals surface area contributed by atoms with Crippen LogP contribution < -0.4 is 5.14 Å². The molecule has 1 aromatic heterocycles. The van der Waals surface area contributed by atoms with Gasteiger partial charge in [-0.05, 0) is 37.4 Å². The molecule has 11 heteroatoms. The van der Waals surface area contributed by atoms with E-state index in [9.17, 15) is 21.9 Å². The number of sulfonamides is 1. The van der Waals surface area contributed by atoms with Crippen molar-refractivity contribution in [2.75, 3.05) is 13.1 Å². The van der Waals surface area contributed by atoms with Crippen LogP contribution >= 0.6 is 23.7 Å². The summed E-state index contributed by atoms with van der Waals surface area (Å²) < 4.78 is 48.0. The molecule has 0 unspecified atom stereocenters. The van der Waals surface area contributed by atoms with E-state index in [0.29, 0.717) is 12.1 Å². The molecule has 0 aliphatic rings. The molecule has 3 N–H and O–H groups in total. The molecule has 0 saturated carbocycles. The first kappa shape index (κ1) is 22.9. The minimum Gasteiger partial charge on any atom is -0.508 e. The van der Waals surface area contributed by atoms with Crippen molar-refractivity contribution in [1.29, 1.82) is 0 Å². The van der Waals surface area contributed by atoms with Gasteiger partial charge in [-0.3, -0.25) is 4.90 Å². The highest BCUT2D eigenvalue weighted by atomic mass is 35.5. The first-order valence-corrected chi connectivity index (χ1v) is 11.4. The third-order valence-electron chi connectivity index (χ3n) is 3.79. The average Bonchev–Trinajstić information content (AvgIpc) is 3.05. The molecule has 26 heavy (non-hydrogen) atoms.